The van der Waals surface area contributed by atoms with Crippen LogP contribution in [0.3, 0.4) is 0 Å². The summed E-state index contributed by atoms with van der Waals surface area (Å²) < 4.78 is 25.9. The number of nitrogens with two attached hydrogens (primary N) is 1. The van der Waals surface area contributed by atoms with Crippen molar-refractivity contribution < 1.29 is 8.78 Å². The van der Waals surface area contributed by atoms with Gasteiger partial charge in [0.2, 0.25) is 0 Å². The van der Waals surface area contributed by atoms with Gasteiger partial charge in [0.1, 0.15) is 0 Å². The highest BCUT2D eigenvalue weighted by molar-refractivity contribution is 5.17. The van der Waals surface area contributed by atoms with E-state index in [1.165, 1.54) is 12.1 Å². The van der Waals surface area contributed by atoms with Crippen molar-refractivity contribution in [2.45, 2.75) is 32.9 Å². The summed E-state index contributed by atoms with van der Waals surface area (Å²) in [5.41, 5.74) is 6.26. The summed E-state index contributed by atoms with van der Waals surface area (Å²) >= 11 is 0. The third-order valence-corrected chi connectivity index (χ3v) is 2.75. The maximum Gasteiger partial charge on any atom is 0.159 e. The Bertz CT molecular complexity index is 353. The summed E-state index contributed by atoms with van der Waals surface area (Å²) in [5, 5.41) is 0. The Morgan fingerprint density at radius 1 is 1.24 bits per heavy atom. The van der Waals surface area contributed by atoms with E-state index in [1.54, 1.807) is 6.07 Å². The molecule has 0 aromatic heterocycles. The number of hydrogen-bond acceptors (Lipinski definition) is 2. The van der Waals surface area contributed by atoms with Gasteiger partial charge >= 0.3 is 0 Å². The Balaban J connectivity index is 2.68. The lowest BCUT2D eigenvalue weighted by atomic mass is 10.1. The third kappa shape index (κ3) is 4.40. The Morgan fingerprint density at radius 2 is 1.94 bits per heavy atom. The number of halogens is 2. The fourth-order valence-electron chi connectivity index (χ4n) is 1.69. The van der Waals surface area contributed by atoms with Crippen LogP contribution in [0.5, 0.6) is 0 Å². The molecule has 2 N–H and O–H groups in total. The van der Waals surface area contributed by atoms with Gasteiger partial charge in [-0.15, -0.1) is 0 Å². The molecule has 4 heteroatoms. The summed E-state index contributed by atoms with van der Waals surface area (Å²) in [6.45, 7) is 6.29. The minimum atomic E-state index is -0.799. The van der Waals surface area contributed by atoms with Gasteiger partial charge in [-0.2, -0.15) is 0 Å². The summed E-state index contributed by atoms with van der Waals surface area (Å²) in [6, 6.07) is 4.41. The largest absolute Gasteiger partial charge is 0.330 e. The van der Waals surface area contributed by atoms with Crippen LogP contribution in [0.15, 0.2) is 18.2 Å². The number of nitrogens with zero attached hydrogens (tertiary/aromatic N) is 1. The first-order valence-corrected chi connectivity index (χ1v) is 5.92. The second-order valence-corrected chi connectivity index (χ2v) is 4.45. The molecule has 0 spiro atoms. The van der Waals surface area contributed by atoms with Gasteiger partial charge in [0.05, 0.1) is 0 Å². The lowest BCUT2D eigenvalue weighted by Gasteiger charge is -2.26. The molecule has 0 aliphatic carbocycles. The van der Waals surface area contributed by atoms with Gasteiger partial charge in [-0.3, -0.25) is 4.90 Å². The normalized spacial score (nSPS) is 11.5. The molecule has 0 saturated carbocycles. The number of rotatable bonds is 6. The first kappa shape index (κ1) is 14.1. The maximum atomic E-state index is 13.1. The van der Waals surface area contributed by atoms with Crippen LogP contribution < -0.4 is 5.73 Å². The minimum absolute atomic E-state index is 0.356. The summed E-state index contributed by atoms with van der Waals surface area (Å²) in [6.07, 6.45) is 0.905. The molecule has 17 heavy (non-hydrogen) atoms. The molecule has 0 bridgehead atoms. The Labute approximate surface area is 101 Å². The fraction of sp³-hybridized carbons (Fsp3) is 0.538. The van der Waals surface area contributed by atoms with Crippen molar-refractivity contribution in [2.24, 2.45) is 5.73 Å². The van der Waals surface area contributed by atoms with Crippen LogP contribution in [0.25, 0.3) is 0 Å². The van der Waals surface area contributed by atoms with Crippen molar-refractivity contribution >= 4 is 0 Å². The zero-order valence-electron chi connectivity index (χ0n) is 10.4. The molecule has 0 heterocycles. The second kappa shape index (κ2) is 6.67. The summed E-state index contributed by atoms with van der Waals surface area (Å²) in [5.74, 6) is -1.59. The molecule has 1 aromatic carbocycles. The monoisotopic (exact) mass is 242 g/mol. The molecule has 0 aliphatic rings. The molecular weight excluding hydrogens is 222 g/mol. The van der Waals surface area contributed by atoms with Crippen molar-refractivity contribution in [2.75, 3.05) is 13.1 Å². The fourth-order valence-corrected chi connectivity index (χ4v) is 1.69. The maximum absolute atomic E-state index is 13.1. The predicted molar refractivity (Wildman–Crippen MR) is 65.6 cm³/mol. The van der Waals surface area contributed by atoms with Crippen LogP contribution >= 0.6 is 0 Å². The molecular formula is C13H20F2N2. The van der Waals surface area contributed by atoms with Crippen molar-refractivity contribution in [3.8, 4) is 0 Å². The van der Waals surface area contributed by atoms with Gasteiger partial charge in [0, 0.05) is 12.6 Å². The van der Waals surface area contributed by atoms with Gasteiger partial charge in [0.15, 0.2) is 11.6 Å². The molecule has 0 fully saturated rings. The molecule has 2 nitrogen and oxygen atoms in total. The van der Waals surface area contributed by atoms with Crippen molar-refractivity contribution in [3.63, 3.8) is 0 Å². The average molecular weight is 242 g/mol. The second-order valence-electron chi connectivity index (χ2n) is 4.45. The molecule has 0 saturated heterocycles. The average Bonchev–Trinajstić information content (AvgIpc) is 2.28. The highest BCUT2D eigenvalue weighted by atomic mass is 19.2. The zero-order valence-corrected chi connectivity index (χ0v) is 10.4. The van der Waals surface area contributed by atoms with E-state index in [2.05, 4.69) is 18.7 Å². The van der Waals surface area contributed by atoms with Gasteiger partial charge in [-0.25, -0.2) is 8.78 Å². The van der Waals surface area contributed by atoms with E-state index in [0.717, 1.165) is 18.5 Å². The molecule has 0 aliphatic heterocycles. The minimum Gasteiger partial charge on any atom is -0.330 e. The van der Waals surface area contributed by atoms with E-state index in [-0.39, 0.29) is 0 Å². The molecule has 96 valence electrons. The van der Waals surface area contributed by atoms with E-state index in [0.29, 0.717) is 19.1 Å². The predicted octanol–water partition coefficient (Wildman–Crippen LogP) is 2.52. The highest BCUT2D eigenvalue weighted by Crippen LogP contribution is 2.12. The van der Waals surface area contributed by atoms with E-state index in [4.69, 9.17) is 5.73 Å². The lowest BCUT2D eigenvalue weighted by Crippen LogP contribution is -2.32. The van der Waals surface area contributed by atoms with E-state index in [1.807, 2.05) is 0 Å². The molecule has 0 unspecified atom stereocenters. The van der Waals surface area contributed by atoms with E-state index < -0.39 is 11.6 Å². The van der Waals surface area contributed by atoms with E-state index >= 15 is 0 Å². The van der Waals surface area contributed by atoms with Crippen LogP contribution in [0.1, 0.15) is 25.8 Å². The Morgan fingerprint density at radius 3 is 2.47 bits per heavy atom. The quantitative estimate of drug-likeness (QED) is 0.830. The van der Waals surface area contributed by atoms with Gasteiger partial charge in [-0.05, 0) is 51.1 Å². The number of hydrogen-bond donors (Lipinski definition) is 1. The van der Waals surface area contributed by atoms with Gasteiger partial charge in [-0.1, -0.05) is 6.07 Å². The zero-order chi connectivity index (χ0) is 12.8. The lowest BCUT2D eigenvalue weighted by molar-refractivity contribution is 0.211. The first-order valence-electron chi connectivity index (χ1n) is 5.92. The number of benzene rings is 1. The Kier molecular flexibility index (Phi) is 5.51. The highest BCUT2D eigenvalue weighted by Gasteiger charge is 2.11. The molecule has 1 rings (SSSR count). The third-order valence-electron chi connectivity index (χ3n) is 2.75. The van der Waals surface area contributed by atoms with Crippen molar-refractivity contribution in [1.29, 1.82) is 0 Å². The molecule has 0 amide bonds. The molecule has 0 radical (unpaired) electrons. The summed E-state index contributed by atoms with van der Waals surface area (Å²) in [7, 11) is 0. The topological polar surface area (TPSA) is 29.3 Å². The molecule has 1 aromatic rings. The van der Waals surface area contributed by atoms with Gasteiger partial charge < -0.3 is 5.73 Å². The molecule has 0 atom stereocenters. The van der Waals surface area contributed by atoms with Crippen LogP contribution in [0.4, 0.5) is 8.78 Å². The van der Waals surface area contributed by atoms with Crippen LogP contribution in [0, 0.1) is 11.6 Å². The Hall–Kier alpha value is -1.00. The first-order chi connectivity index (χ1) is 8.04. The SMILES string of the molecule is CC(C)N(CCCN)Cc1ccc(F)c(F)c1. The van der Waals surface area contributed by atoms with Crippen LogP contribution in [0.2, 0.25) is 0 Å². The standard InChI is InChI=1S/C13H20F2N2/c1-10(2)17(7-3-6-16)9-11-4-5-12(14)13(15)8-11/h4-5,8,10H,3,6-7,9,16H2,1-2H3. The van der Waals surface area contributed by atoms with Crippen LogP contribution in [-0.2, 0) is 6.54 Å². The van der Waals surface area contributed by atoms with Crippen molar-refractivity contribution in [3.05, 3.63) is 35.4 Å². The van der Waals surface area contributed by atoms with Crippen molar-refractivity contribution in [1.82, 2.24) is 4.90 Å². The van der Waals surface area contributed by atoms with Crippen LogP contribution in [-0.4, -0.2) is 24.0 Å². The summed E-state index contributed by atoms with van der Waals surface area (Å²) in [4.78, 5) is 2.19. The smallest absolute Gasteiger partial charge is 0.159 e. The van der Waals surface area contributed by atoms with Gasteiger partial charge in [0.25, 0.3) is 0 Å². The van der Waals surface area contributed by atoms with E-state index in [9.17, 15) is 8.78 Å².